The van der Waals surface area contributed by atoms with Gasteiger partial charge in [-0.25, -0.2) is 0 Å². The molecule has 0 saturated heterocycles. The van der Waals surface area contributed by atoms with Crippen LogP contribution in [-0.2, 0) is 19.3 Å². The van der Waals surface area contributed by atoms with Crippen molar-refractivity contribution >= 4 is 29.9 Å². The van der Waals surface area contributed by atoms with Crippen molar-refractivity contribution in [2.45, 2.75) is 32.8 Å². The summed E-state index contributed by atoms with van der Waals surface area (Å²) >= 11 is 0. The van der Waals surface area contributed by atoms with Crippen LogP contribution in [0.5, 0.6) is 17.2 Å². The van der Waals surface area contributed by atoms with Gasteiger partial charge >= 0.3 is 6.61 Å². The maximum absolute atomic E-state index is 12.6. The predicted octanol–water partition coefficient (Wildman–Crippen LogP) is 4.19. The zero-order chi connectivity index (χ0) is 22.1. The number of nitrogens with one attached hydrogen (secondary N) is 2. The van der Waals surface area contributed by atoms with E-state index in [2.05, 4.69) is 32.5 Å². The van der Waals surface area contributed by atoms with Gasteiger partial charge in [0, 0.05) is 26.1 Å². The van der Waals surface area contributed by atoms with Crippen LogP contribution in [0.15, 0.2) is 41.4 Å². The number of rotatable bonds is 10. The third-order valence-electron chi connectivity index (χ3n) is 4.92. The van der Waals surface area contributed by atoms with E-state index in [1.807, 2.05) is 19.1 Å². The molecule has 2 aromatic rings. The van der Waals surface area contributed by atoms with Gasteiger partial charge in [0.05, 0.1) is 13.7 Å². The van der Waals surface area contributed by atoms with Crippen molar-refractivity contribution in [2.75, 3.05) is 33.4 Å². The number of methoxy groups -OCH3 is 1. The van der Waals surface area contributed by atoms with Gasteiger partial charge in [-0.15, -0.1) is 24.0 Å². The van der Waals surface area contributed by atoms with Gasteiger partial charge in [0.1, 0.15) is 5.75 Å². The van der Waals surface area contributed by atoms with E-state index < -0.39 is 6.61 Å². The molecule has 0 aliphatic carbocycles. The van der Waals surface area contributed by atoms with Crippen molar-refractivity contribution in [3.8, 4) is 17.2 Å². The molecule has 0 bridgehead atoms. The molecule has 32 heavy (non-hydrogen) atoms. The van der Waals surface area contributed by atoms with Crippen LogP contribution in [0.3, 0.4) is 0 Å². The highest BCUT2D eigenvalue weighted by molar-refractivity contribution is 14.0. The molecule has 0 aromatic heterocycles. The molecule has 0 unspecified atom stereocenters. The molecule has 2 aromatic carbocycles. The van der Waals surface area contributed by atoms with E-state index in [1.165, 1.54) is 18.2 Å². The lowest BCUT2D eigenvalue weighted by Gasteiger charge is -2.13. The van der Waals surface area contributed by atoms with E-state index in [4.69, 9.17) is 9.47 Å². The third kappa shape index (κ3) is 7.68. The Morgan fingerprint density at radius 1 is 1.09 bits per heavy atom. The number of alkyl halides is 2. The van der Waals surface area contributed by atoms with Gasteiger partial charge in [-0.2, -0.15) is 8.78 Å². The lowest BCUT2D eigenvalue weighted by Crippen LogP contribution is -2.38. The third-order valence-corrected chi connectivity index (χ3v) is 4.92. The smallest absolute Gasteiger partial charge is 0.387 e. The predicted molar refractivity (Wildman–Crippen MR) is 132 cm³/mol. The summed E-state index contributed by atoms with van der Waals surface area (Å²) in [4.78, 5) is 4.59. The van der Waals surface area contributed by atoms with Gasteiger partial charge in [-0.3, -0.25) is 4.99 Å². The summed E-state index contributed by atoms with van der Waals surface area (Å²) in [5, 5.41) is 6.57. The maximum atomic E-state index is 12.6. The van der Waals surface area contributed by atoms with Crippen LogP contribution < -0.4 is 24.8 Å². The molecular formula is C23H30F2IN3O3. The first kappa shape index (κ1) is 26.0. The van der Waals surface area contributed by atoms with Gasteiger partial charge in [-0.1, -0.05) is 18.2 Å². The highest BCUT2D eigenvalue weighted by Crippen LogP contribution is 2.29. The van der Waals surface area contributed by atoms with Crippen LogP contribution >= 0.6 is 24.0 Å². The first-order valence-corrected chi connectivity index (χ1v) is 10.5. The second-order valence-corrected chi connectivity index (χ2v) is 7.09. The minimum Gasteiger partial charge on any atom is -0.493 e. The van der Waals surface area contributed by atoms with Crippen molar-refractivity contribution in [3.05, 3.63) is 53.1 Å². The number of aliphatic imine (C=N–C) groups is 1. The van der Waals surface area contributed by atoms with Crippen LogP contribution in [0.25, 0.3) is 0 Å². The summed E-state index contributed by atoms with van der Waals surface area (Å²) in [5.41, 5.74) is 3.38. The van der Waals surface area contributed by atoms with Crippen molar-refractivity contribution in [1.29, 1.82) is 0 Å². The molecule has 0 fully saturated rings. The number of halogens is 3. The minimum absolute atomic E-state index is 0. The Hall–Kier alpha value is -2.30. The fraction of sp³-hybridized carbons (Fsp3) is 0.435. The number of hydrogen-bond donors (Lipinski definition) is 2. The average Bonchev–Trinajstić information content (AvgIpc) is 3.21. The molecule has 0 atom stereocenters. The average molecular weight is 561 g/mol. The van der Waals surface area contributed by atoms with Crippen LogP contribution in [0.2, 0.25) is 0 Å². The zero-order valence-corrected chi connectivity index (χ0v) is 20.7. The van der Waals surface area contributed by atoms with Crippen molar-refractivity contribution in [2.24, 2.45) is 4.99 Å². The molecule has 0 spiro atoms. The molecule has 0 amide bonds. The van der Waals surface area contributed by atoms with E-state index in [9.17, 15) is 8.78 Å². The molecule has 6 nitrogen and oxygen atoms in total. The van der Waals surface area contributed by atoms with Gasteiger partial charge in [0.15, 0.2) is 17.5 Å². The van der Waals surface area contributed by atoms with Crippen LogP contribution in [0.1, 0.15) is 23.6 Å². The van der Waals surface area contributed by atoms with Crippen LogP contribution in [0, 0.1) is 0 Å². The normalized spacial score (nSPS) is 12.6. The number of nitrogens with zero attached hydrogens (tertiary/aromatic N) is 1. The first-order valence-electron chi connectivity index (χ1n) is 10.5. The van der Waals surface area contributed by atoms with Crippen molar-refractivity contribution < 1.29 is 23.0 Å². The van der Waals surface area contributed by atoms with Crippen molar-refractivity contribution in [3.63, 3.8) is 0 Å². The summed E-state index contributed by atoms with van der Waals surface area (Å²) in [6, 6.07) is 11.4. The van der Waals surface area contributed by atoms with Crippen molar-refractivity contribution in [1.82, 2.24) is 10.6 Å². The monoisotopic (exact) mass is 561 g/mol. The summed E-state index contributed by atoms with van der Waals surface area (Å²) in [6.45, 7) is 1.88. The summed E-state index contributed by atoms with van der Waals surface area (Å²) in [6.07, 6.45) is 2.44. The van der Waals surface area contributed by atoms with E-state index in [0.29, 0.717) is 13.0 Å². The second-order valence-electron chi connectivity index (χ2n) is 7.09. The molecular weight excluding hydrogens is 531 g/mol. The Morgan fingerprint density at radius 2 is 1.88 bits per heavy atom. The molecule has 9 heteroatoms. The Labute approximate surface area is 204 Å². The number of hydrogen-bond acceptors (Lipinski definition) is 4. The topological polar surface area (TPSA) is 64.1 Å². The largest absolute Gasteiger partial charge is 0.493 e. The van der Waals surface area contributed by atoms with E-state index in [1.54, 1.807) is 12.1 Å². The molecule has 0 radical (unpaired) electrons. The molecule has 1 heterocycles. The van der Waals surface area contributed by atoms with Gasteiger partial charge in [0.2, 0.25) is 0 Å². The van der Waals surface area contributed by atoms with Gasteiger partial charge in [-0.05, 0) is 54.7 Å². The quantitative estimate of drug-likeness (QED) is 0.259. The SMILES string of the molecule is CCNC(=NCCc1ccc(OC)c(OC(F)F)c1)NCCc1ccc2c(c1)CCO2.I. The second kappa shape index (κ2) is 13.3. The fourth-order valence-corrected chi connectivity index (χ4v) is 3.42. The van der Waals surface area contributed by atoms with Gasteiger partial charge in [0.25, 0.3) is 0 Å². The number of fused-ring (bicyclic) bond motifs is 1. The number of guanidine groups is 1. The molecule has 2 N–H and O–H groups in total. The summed E-state index contributed by atoms with van der Waals surface area (Å²) in [7, 11) is 1.42. The fourth-order valence-electron chi connectivity index (χ4n) is 3.42. The summed E-state index contributed by atoms with van der Waals surface area (Å²) in [5.74, 6) is 2.03. The lowest BCUT2D eigenvalue weighted by atomic mass is 10.1. The summed E-state index contributed by atoms with van der Waals surface area (Å²) < 4.78 is 40.3. The molecule has 1 aliphatic heterocycles. The van der Waals surface area contributed by atoms with Crippen LogP contribution in [0.4, 0.5) is 8.78 Å². The Morgan fingerprint density at radius 3 is 2.62 bits per heavy atom. The zero-order valence-electron chi connectivity index (χ0n) is 18.3. The number of ether oxygens (including phenoxy) is 3. The highest BCUT2D eigenvalue weighted by atomic mass is 127. The molecule has 3 rings (SSSR count). The van der Waals surface area contributed by atoms with E-state index >= 15 is 0 Å². The van der Waals surface area contributed by atoms with Gasteiger partial charge < -0.3 is 24.8 Å². The highest BCUT2D eigenvalue weighted by Gasteiger charge is 2.12. The molecule has 0 saturated carbocycles. The Bertz CT molecular complexity index is 897. The Balaban J connectivity index is 0.00000363. The number of benzene rings is 2. The van der Waals surface area contributed by atoms with E-state index in [-0.39, 0.29) is 35.5 Å². The first-order chi connectivity index (χ1) is 15.1. The minimum atomic E-state index is -2.90. The standard InChI is InChI=1S/C23H29F2N3O3.HI/c1-3-26-23(27-11-8-16-4-6-19-18(14-16)10-13-30-19)28-12-9-17-5-7-20(29-2)21(15-17)31-22(24)25;/h4-7,14-15,22H,3,8-13H2,1-2H3,(H2,26,27,28);1H. The Kier molecular flexibility index (Phi) is 10.8. The molecule has 1 aliphatic rings. The maximum Gasteiger partial charge on any atom is 0.387 e. The van der Waals surface area contributed by atoms with E-state index in [0.717, 1.165) is 49.8 Å². The van der Waals surface area contributed by atoms with Crippen LogP contribution in [-0.4, -0.2) is 45.9 Å². The lowest BCUT2D eigenvalue weighted by molar-refractivity contribution is -0.0512. The molecule has 176 valence electrons.